The number of ketones is 1. The number of methoxy groups -OCH3 is 1. The number of esters is 1. The average Bonchev–Trinajstić information content (AvgIpc) is 3.23. The Labute approximate surface area is 217 Å². The maximum absolute atomic E-state index is 13.5. The van der Waals surface area contributed by atoms with Gasteiger partial charge < -0.3 is 14.6 Å². The predicted octanol–water partition coefficient (Wildman–Crippen LogP) is 3.68. The van der Waals surface area contributed by atoms with Gasteiger partial charge in [0.25, 0.3) is 0 Å². The highest BCUT2D eigenvalue weighted by Crippen LogP contribution is 2.68. The zero-order valence-electron chi connectivity index (χ0n) is 22.3. The van der Waals surface area contributed by atoms with E-state index in [1.807, 2.05) is 20.8 Å². The number of Topliss-reactive ketones (excluding diaryl/α,β-unsaturated/α-hetero) is 1. The van der Waals surface area contributed by atoms with Crippen LogP contribution in [0, 0.1) is 34.0 Å². The lowest BCUT2D eigenvalue weighted by Gasteiger charge is -2.61. The molecule has 37 heavy (non-hydrogen) atoms. The molecule has 1 aromatic heterocycles. The van der Waals surface area contributed by atoms with Gasteiger partial charge in [-0.25, -0.2) is 15.0 Å². The standard InChI is InChI=1S/C28H38N2O7/c1-7-26(4)14-21(37-24(34)18-15-30(13-10-19(18)31)29-25(35)36-6)27(5)16(2)8-11-28(17(3)23(26)33)12-9-20(32)22(27)28/h7,10,13,15-17,21-23,33H,1,8-9,11-12,14H2,2-6H3,(H,29,35)/t16?,17-,21+,22?,23-,26+,27-,28-/m0/s1. The van der Waals surface area contributed by atoms with Crippen molar-refractivity contribution in [1.29, 1.82) is 0 Å². The summed E-state index contributed by atoms with van der Waals surface area (Å²) >= 11 is 0. The van der Waals surface area contributed by atoms with Crippen LogP contribution in [0.2, 0.25) is 0 Å². The summed E-state index contributed by atoms with van der Waals surface area (Å²) < 4.78 is 11.9. The number of rotatable bonds is 4. The van der Waals surface area contributed by atoms with E-state index in [-0.39, 0.29) is 35.5 Å². The van der Waals surface area contributed by atoms with Gasteiger partial charge >= 0.3 is 12.1 Å². The van der Waals surface area contributed by atoms with E-state index < -0.39 is 45.9 Å². The van der Waals surface area contributed by atoms with E-state index in [2.05, 4.69) is 23.7 Å². The normalized spacial score (nSPS) is 39.1. The number of aliphatic hydroxyl groups excluding tert-OH is 1. The van der Waals surface area contributed by atoms with Gasteiger partial charge in [0.05, 0.1) is 13.2 Å². The van der Waals surface area contributed by atoms with Gasteiger partial charge in [-0.2, -0.15) is 0 Å². The van der Waals surface area contributed by atoms with E-state index in [1.54, 1.807) is 6.08 Å². The second-order valence-electron chi connectivity index (χ2n) is 11.7. The van der Waals surface area contributed by atoms with Crippen molar-refractivity contribution in [1.82, 2.24) is 4.68 Å². The van der Waals surface area contributed by atoms with Crippen LogP contribution in [-0.2, 0) is 14.3 Å². The molecule has 9 heteroatoms. The molecule has 4 rings (SSSR count). The Morgan fingerprint density at radius 2 is 1.95 bits per heavy atom. The van der Waals surface area contributed by atoms with E-state index in [0.29, 0.717) is 12.8 Å². The summed E-state index contributed by atoms with van der Waals surface area (Å²) in [7, 11) is 1.20. The summed E-state index contributed by atoms with van der Waals surface area (Å²) in [6, 6.07) is 1.15. The number of ether oxygens (including phenoxy) is 2. The minimum atomic E-state index is -0.847. The smallest absolute Gasteiger partial charge is 0.426 e. The maximum atomic E-state index is 13.5. The molecule has 0 aliphatic heterocycles. The number of amides is 1. The minimum absolute atomic E-state index is 0.0652. The largest absolute Gasteiger partial charge is 0.458 e. The molecule has 0 saturated heterocycles. The second-order valence-corrected chi connectivity index (χ2v) is 11.7. The summed E-state index contributed by atoms with van der Waals surface area (Å²) in [4.78, 5) is 51.3. The molecular formula is C28H38N2O7. The Balaban J connectivity index is 1.80. The van der Waals surface area contributed by atoms with Crippen LogP contribution in [0.5, 0.6) is 0 Å². The van der Waals surface area contributed by atoms with Gasteiger partial charge in [-0.1, -0.05) is 33.8 Å². The van der Waals surface area contributed by atoms with Crippen LogP contribution in [0.3, 0.4) is 0 Å². The van der Waals surface area contributed by atoms with E-state index in [0.717, 1.165) is 23.6 Å². The Hall–Kier alpha value is -2.94. The first kappa shape index (κ1) is 27.1. The second kappa shape index (κ2) is 9.42. The van der Waals surface area contributed by atoms with Gasteiger partial charge in [-0.15, -0.1) is 6.58 Å². The maximum Gasteiger partial charge on any atom is 0.426 e. The number of nitrogens with zero attached hydrogens (tertiary/aromatic N) is 1. The SMILES string of the molecule is C=C[C@]1(C)C[C@@H](OC(=O)c2cn(NC(=O)OC)ccc2=O)[C@]2(C)C(C)CC[C@]3(CCC(=O)C32)[C@@H](C)[C@@H]1O. The third-order valence-electron chi connectivity index (χ3n) is 10.1. The average molecular weight is 515 g/mol. The molecule has 1 heterocycles. The third-order valence-corrected chi connectivity index (χ3v) is 10.1. The van der Waals surface area contributed by atoms with Crippen LogP contribution in [0.25, 0.3) is 0 Å². The number of carbonyl (C=O) groups excluding carboxylic acids is 3. The number of aromatic nitrogens is 1. The molecule has 8 atom stereocenters. The van der Waals surface area contributed by atoms with Gasteiger partial charge in [0.15, 0.2) is 5.43 Å². The first-order chi connectivity index (χ1) is 17.3. The van der Waals surface area contributed by atoms with Crippen molar-refractivity contribution < 1.29 is 29.0 Å². The fourth-order valence-corrected chi connectivity index (χ4v) is 7.55. The number of hydrogen-bond donors (Lipinski definition) is 2. The molecule has 1 aromatic rings. The molecule has 0 spiro atoms. The topological polar surface area (TPSA) is 124 Å². The Bertz CT molecular complexity index is 1180. The van der Waals surface area contributed by atoms with Crippen LogP contribution in [0.4, 0.5) is 4.79 Å². The van der Waals surface area contributed by atoms with E-state index >= 15 is 0 Å². The van der Waals surface area contributed by atoms with Crippen molar-refractivity contribution in [3.8, 4) is 0 Å². The highest BCUT2D eigenvalue weighted by atomic mass is 16.5. The molecule has 3 aliphatic rings. The monoisotopic (exact) mass is 514 g/mol. The predicted molar refractivity (Wildman–Crippen MR) is 136 cm³/mol. The summed E-state index contributed by atoms with van der Waals surface area (Å²) in [6.45, 7) is 12.1. The zero-order valence-corrected chi connectivity index (χ0v) is 22.3. The van der Waals surface area contributed by atoms with Crippen molar-refractivity contribution in [2.75, 3.05) is 12.5 Å². The van der Waals surface area contributed by atoms with Crippen molar-refractivity contribution >= 4 is 17.8 Å². The van der Waals surface area contributed by atoms with Gasteiger partial charge in [-0.05, 0) is 42.9 Å². The highest BCUT2D eigenvalue weighted by Gasteiger charge is 2.68. The minimum Gasteiger partial charge on any atom is -0.458 e. The molecule has 3 aliphatic carbocycles. The van der Waals surface area contributed by atoms with Crippen LogP contribution >= 0.6 is 0 Å². The Morgan fingerprint density at radius 1 is 1.24 bits per heavy atom. The number of aliphatic hydroxyl groups is 1. The fraction of sp³-hybridized carbons (Fsp3) is 0.643. The van der Waals surface area contributed by atoms with E-state index in [9.17, 15) is 24.3 Å². The van der Waals surface area contributed by atoms with Crippen LogP contribution in [0.1, 0.15) is 70.2 Å². The van der Waals surface area contributed by atoms with E-state index in [1.165, 1.54) is 19.5 Å². The number of hydrogen-bond acceptors (Lipinski definition) is 7. The molecule has 3 fully saturated rings. The van der Waals surface area contributed by atoms with Crippen molar-refractivity contribution in [3.63, 3.8) is 0 Å². The highest BCUT2D eigenvalue weighted by molar-refractivity contribution is 5.89. The first-order valence-electron chi connectivity index (χ1n) is 13.0. The summed E-state index contributed by atoms with van der Waals surface area (Å²) in [6.07, 6.45) is 4.98. The molecule has 2 N–H and O–H groups in total. The molecule has 0 radical (unpaired) electrons. The zero-order chi connectivity index (χ0) is 27.3. The molecule has 3 saturated carbocycles. The number of carbonyl (C=O) groups is 3. The molecule has 202 valence electrons. The Kier molecular flexibility index (Phi) is 6.90. The third kappa shape index (κ3) is 4.11. The van der Waals surface area contributed by atoms with Crippen molar-refractivity contribution in [3.05, 3.63) is 46.9 Å². The van der Waals surface area contributed by atoms with Crippen LogP contribution in [0.15, 0.2) is 35.9 Å². The molecule has 2 unspecified atom stereocenters. The lowest BCUT2D eigenvalue weighted by Crippen LogP contribution is -2.63. The molecule has 0 aromatic carbocycles. The van der Waals surface area contributed by atoms with E-state index in [4.69, 9.17) is 4.74 Å². The lowest BCUT2D eigenvalue weighted by atomic mass is 9.44. The number of nitrogens with one attached hydrogen (secondary N) is 1. The van der Waals surface area contributed by atoms with Crippen LogP contribution in [-0.4, -0.2) is 46.9 Å². The van der Waals surface area contributed by atoms with Crippen molar-refractivity contribution in [2.45, 2.75) is 72.0 Å². The van der Waals surface area contributed by atoms with Crippen LogP contribution < -0.4 is 10.9 Å². The summed E-state index contributed by atoms with van der Waals surface area (Å²) in [5.74, 6) is -1.13. The Morgan fingerprint density at radius 3 is 2.59 bits per heavy atom. The van der Waals surface area contributed by atoms with Crippen molar-refractivity contribution in [2.24, 2.45) is 34.0 Å². The lowest BCUT2D eigenvalue weighted by molar-refractivity contribution is -0.192. The van der Waals surface area contributed by atoms with Gasteiger partial charge in [0.2, 0.25) is 0 Å². The summed E-state index contributed by atoms with van der Waals surface area (Å²) in [5, 5.41) is 11.6. The van der Waals surface area contributed by atoms with Gasteiger partial charge in [0.1, 0.15) is 17.5 Å². The molecule has 2 bridgehead atoms. The molecule has 1 amide bonds. The number of pyridine rings is 1. The quantitative estimate of drug-likeness (QED) is 0.464. The molecular weight excluding hydrogens is 476 g/mol. The summed E-state index contributed by atoms with van der Waals surface area (Å²) in [5.41, 5.74) is -0.320. The van der Waals surface area contributed by atoms with Gasteiger partial charge in [0, 0.05) is 41.6 Å². The first-order valence-corrected chi connectivity index (χ1v) is 13.0. The molecule has 9 nitrogen and oxygen atoms in total. The fourth-order valence-electron chi connectivity index (χ4n) is 7.55. The van der Waals surface area contributed by atoms with Gasteiger partial charge in [-0.3, -0.25) is 14.3 Å².